The summed E-state index contributed by atoms with van der Waals surface area (Å²) in [5.41, 5.74) is -0.605. The van der Waals surface area contributed by atoms with Crippen molar-refractivity contribution in [2.24, 2.45) is 17.3 Å². The zero-order valence-corrected chi connectivity index (χ0v) is 13.6. The van der Waals surface area contributed by atoms with E-state index in [2.05, 4.69) is 20.8 Å². The van der Waals surface area contributed by atoms with Gasteiger partial charge in [-0.15, -0.1) is 0 Å². The summed E-state index contributed by atoms with van der Waals surface area (Å²) in [6.45, 7) is 8.29. The predicted molar refractivity (Wildman–Crippen MR) is 78.7 cm³/mol. The molecular weight excluding hydrogens is 268 g/mol. The second-order valence-electron chi connectivity index (χ2n) is 8.29. The number of esters is 1. The molecule has 1 aliphatic heterocycles. The van der Waals surface area contributed by atoms with Crippen LogP contribution < -0.4 is 0 Å². The van der Waals surface area contributed by atoms with Crippen molar-refractivity contribution in [2.75, 3.05) is 6.61 Å². The van der Waals surface area contributed by atoms with Crippen molar-refractivity contribution in [3.8, 4) is 0 Å². The van der Waals surface area contributed by atoms with Crippen LogP contribution in [0.4, 0.5) is 0 Å². The Balaban J connectivity index is 1.79. The van der Waals surface area contributed by atoms with Crippen LogP contribution in [0, 0.1) is 17.3 Å². The minimum absolute atomic E-state index is 0.0168. The van der Waals surface area contributed by atoms with Crippen molar-refractivity contribution < 1.29 is 19.4 Å². The molecule has 2 aliphatic carbocycles. The molecule has 5 atom stereocenters. The number of epoxide rings is 1. The molecule has 1 saturated heterocycles. The summed E-state index contributed by atoms with van der Waals surface area (Å²) in [6.07, 6.45) is 4.97. The first-order chi connectivity index (χ1) is 9.66. The smallest absolute Gasteiger partial charge is 0.302 e. The van der Waals surface area contributed by atoms with E-state index in [0.717, 1.165) is 25.7 Å². The van der Waals surface area contributed by atoms with Gasteiger partial charge in [0.25, 0.3) is 0 Å². The molecule has 3 rings (SSSR count). The Labute approximate surface area is 127 Å². The van der Waals surface area contributed by atoms with E-state index in [1.807, 2.05) is 0 Å². The Hall–Kier alpha value is -0.610. The van der Waals surface area contributed by atoms with Crippen LogP contribution >= 0.6 is 0 Å². The van der Waals surface area contributed by atoms with E-state index in [0.29, 0.717) is 12.3 Å². The molecule has 2 saturated carbocycles. The average molecular weight is 296 g/mol. The Morgan fingerprint density at radius 3 is 2.57 bits per heavy atom. The van der Waals surface area contributed by atoms with Crippen LogP contribution in [0.25, 0.3) is 0 Å². The first-order valence-corrected chi connectivity index (χ1v) is 8.20. The van der Waals surface area contributed by atoms with E-state index < -0.39 is 5.60 Å². The molecule has 0 amide bonds. The molecule has 0 aromatic carbocycles. The van der Waals surface area contributed by atoms with Gasteiger partial charge < -0.3 is 14.6 Å². The third-order valence-corrected chi connectivity index (χ3v) is 6.28. The fraction of sp³-hybridized carbons (Fsp3) is 0.941. The summed E-state index contributed by atoms with van der Waals surface area (Å²) >= 11 is 0. The van der Waals surface area contributed by atoms with Gasteiger partial charge in [-0.2, -0.15) is 0 Å². The molecule has 0 bridgehead atoms. The van der Waals surface area contributed by atoms with Crippen LogP contribution in [0.15, 0.2) is 0 Å². The summed E-state index contributed by atoms with van der Waals surface area (Å²) in [5, 5.41) is 11.2. The van der Waals surface area contributed by atoms with Crippen LogP contribution in [0.2, 0.25) is 0 Å². The van der Waals surface area contributed by atoms with Crippen molar-refractivity contribution in [2.45, 2.75) is 77.1 Å². The molecule has 3 aliphatic rings. The Morgan fingerprint density at radius 1 is 1.24 bits per heavy atom. The molecule has 0 aromatic rings. The third-order valence-electron chi connectivity index (χ3n) is 6.28. The highest BCUT2D eigenvalue weighted by Crippen LogP contribution is 2.60. The van der Waals surface area contributed by atoms with Crippen molar-refractivity contribution >= 4 is 5.97 Å². The van der Waals surface area contributed by atoms with E-state index >= 15 is 0 Å². The van der Waals surface area contributed by atoms with E-state index in [-0.39, 0.29) is 35.6 Å². The third kappa shape index (κ3) is 2.61. The maximum absolute atomic E-state index is 11.2. The molecule has 0 spiro atoms. The Morgan fingerprint density at radius 2 is 1.95 bits per heavy atom. The molecule has 4 heteroatoms. The number of aliphatic hydroxyl groups is 1. The SMILES string of the molecule is CC(=O)OC[C@@]1(O)CC[C@H]2O[C@@]2(C)CC[C@@H]2[C@@H]1CC2(C)C. The maximum Gasteiger partial charge on any atom is 0.302 e. The number of carbonyl (C=O) groups excluding carboxylic acids is 1. The lowest BCUT2D eigenvalue weighted by atomic mass is 9.49. The highest BCUT2D eigenvalue weighted by molar-refractivity contribution is 5.65. The Bertz CT molecular complexity index is 446. The second-order valence-corrected chi connectivity index (χ2v) is 8.29. The molecule has 0 unspecified atom stereocenters. The highest BCUT2D eigenvalue weighted by atomic mass is 16.6. The van der Waals surface area contributed by atoms with Gasteiger partial charge in [0.15, 0.2) is 0 Å². The minimum atomic E-state index is -0.886. The van der Waals surface area contributed by atoms with Crippen molar-refractivity contribution in [3.63, 3.8) is 0 Å². The van der Waals surface area contributed by atoms with Crippen molar-refractivity contribution in [3.05, 3.63) is 0 Å². The first-order valence-electron chi connectivity index (χ1n) is 8.20. The quantitative estimate of drug-likeness (QED) is 0.628. The van der Waals surface area contributed by atoms with Gasteiger partial charge in [0.1, 0.15) is 12.2 Å². The zero-order chi connectivity index (χ0) is 15.5. The van der Waals surface area contributed by atoms with Gasteiger partial charge in [-0.1, -0.05) is 13.8 Å². The van der Waals surface area contributed by atoms with Gasteiger partial charge >= 0.3 is 5.97 Å². The second kappa shape index (κ2) is 4.69. The van der Waals surface area contributed by atoms with Crippen LogP contribution in [-0.4, -0.2) is 35.0 Å². The molecule has 0 radical (unpaired) electrons. The number of hydrogen-bond acceptors (Lipinski definition) is 4. The summed E-state index contributed by atoms with van der Waals surface area (Å²) in [7, 11) is 0. The normalized spacial score (nSPS) is 47.8. The number of ether oxygens (including phenoxy) is 2. The van der Waals surface area contributed by atoms with E-state index in [9.17, 15) is 9.90 Å². The van der Waals surface area contributed by atoms with E-state index in [1.165, 1.54) is 6.92 Å². The van der Waals surface area contributed by atoms with E-state index in [1.54, 1.807) is 0 Å². The average Bonchev–Trinajstić information content (AvgIpc) is 3.01. The summed E-state index contributed by atoms with van der Waals surface area (Å²) in [4.78, 5) is 11.1. The van der Waals surface area contributed by atoms with Crippen LogP contribution in [0.1, 0.15) is 59.8 Å². The lowest BCUT2D eigenvalue weighted by Crippen LogP contribution is -2.57. The van der Waals surface area contributed by atoms with Gasteiger partial charge in [-0.25, -0.2) is 0 Å². The minimum Gasteiger partial charge on any atom is -0.463 e. The highest BCUT2D eigenvalue weighted by Gasteiger charge is 2.60. The standard InChI is InChI=1S/C17H28O4/c1-11(18)20-10-17(19)8-6-14-16(4,21-14)7-5-12-13(17)9-15(12,2)3/h12-14,19H,5-10H2,1-4H3/t12-,13+,14-,16+,17+/m1/s1. The lowest BCUT2D eigenvalue weighted by molar-refractivity contribution is -0.185. The van der Waals surface area contributed by atoms with Crippen molar-refractivity contribution in [1.82, 2.24) is 0 Å². The van der Waals surface area contributed by atoms with Gasteiger partial charge in [-0.05, 0) is 56.3 Å². The Kier molecular flexibility index (Phi) is 3.42. The van der Waals surface area contributed by atoms with Gasteiger partial charge in [0.2, 0.25) is 0 Å². The zero-order valence-electron chi connectivity index (χ0n) is 13.6. The number of fused-ring (bicyclic) bond motifs is 2. The molecule has 120 valence electrons. The lowest BCUT2D eigenvalue weighted by Gasteiger charge is -2.57. The number of carbonyl (C=O) groups is 1. The van der Waals surface area contributed by atoms with Gasteiger partial charge in [-0.3, -0.25) is 4.79 Å². The summed E-state index contributed by atoms with van der Waals surface area (Å²) in [5.74, 6) is 0.414. The molecule has 0 aromatic heterocycles. The number of hydrogen-bond donors (Lipinski definition) is 1. The fourth-order valence-electron chi connectivity index (χ4n) is 4.69. The van der Waals surface area contributed by atoms with E-state index in [4.69, 9.17) is 9.47 Å². The molecule has 1 heterocycles. The van der Waals surface area contributed by atoms with Crippen LogP contribution in [0.5, 0.6) is 0 Å². The molecule has 4 nitrogen and oxygen atoms in total. The van der Waals surface area contributed by atoms with Crippen molar-refractivity contribution in [1.29, 1.82) is 0 Å². The molecule has 21 heavy (non-hydrogen) atoms. The fourth-order valence-corrected chi connectivity index (χ4v) is 4.69. The van der Waals surface area contributed by atoms with Crippen LogP contribution in [-0.2, 0) is 14.3 Å². The topological polar surface area (TPSA) is 59.1 Å². The first kappa shape index (κ1) is 15.3. The molecule has 3 fully saturated rings. The maximum atomic E-state index is 11.2. The predicted octanol–water partition coefficient (Wildman–Crippen LogP) is 2.67. The van der Waals surface area contributed by atoms with Gasteiger partial charge in [0.05, 0.1) is 11.7 Å². The summed E-state index contributed by atoms with van der Waals surface area (Å²) < 4.78 is 11.0. The monoisotopic (exact) mass is 296 g/mol. The van der Waals surface area contributed by atoms with Crippen LogP contribution in [0.3, 0.4) is 0 Å². The molecule has 1 N–H and O–H groups in total. The number of rotatable bonds is 2. The van der Waals surface area contributed by atoms with Gasteiger partial charge in [0, 0.05) is 6.92 Å². The summed E-state index contributed by atoms with van der Waals surface area (Å²) in [6, 6.07) is 0. The molecular formula is C17H28O4. The largest absolute Gasteiger partial charge is 0.463 e.